The first-order valence-electron chi connectivity index (χ1n) is 11.0. The van der Waals surface area contributed by atoms with Crippen LogP contribution in [0.4, 0.5) is 5.00 Å². The Bertz CT molecular complexity index is 1210. The predicted molar refractivity (Wildman–Crippen MR) is 125 cm³/mol. The molecule has 0 fully saturated rings. The van der Waals surface area contributed by atoms with Crippen LogP contribution in [0, 0.1) is 0 Å². The first-order chi connectivity index (χ1) is 16.0. The number of carbonyl (C=O) groups excluding carboxylic acids is 3. The van der Waals surface area contributed by atoms with E-state index in [1.54, 1.807) is 25.1 Å². The molecular formula is C24H25N3O5S. The molecular weight excluding hydrogens is 442 g/mol. The molecule has 3 aromatic rings. The average molecular weight is 468 g/mol. The molecule has 1 amide bonds. The summed E-state index contributed by atoms with van der Waals surface area (Å²) in [6.45, 7) is 1.74. The zero-order chi connectivity index (χ0) is 23.4. The Labute approximate surface area is 195 Å². The summed E-state index contributed by atoms with van der Waals surface area (Å²) < 4.78 is 10.4. The summed E-state index contributed by atoms with van der Waals surface area (Å²) in [7, 11) is 1.33. The van der Waals surface area contributed by atoms with E-state index in [-0.39, 0.29) is 12.1 Å². The molecule has 0 radical (unpaired) electrons. The lowest BCUT2D eigenvalue weighted by Crippen LogP contribution is -2.32. The third kappa shape index (κ3) is 4.88. The number of aromatic nitrogens is 2. The van der Waals surface area contributed by atoms with E-state index in [2.05, 4.69) is 15.3 Å². The van der Waals surface area contributed by atoms with Gasteiger partial charge in [-0.05, 0) is 49.8 Å². The fraction of sp³-hybridized carbons (Fsp3) is 0.375. The normalized spacial score (nSPS) is 14.1. The van der Waals surface area contributed by atoms with Crippen LogP contribution in [-0.2, 0) is 27.1 Å². The van der Waals surface area contributed by atoms with Crippen LogP contribution < -0.4 is 5.32 Å². The monoisotopic (exact) mass is 467 g/mol. The summed E-state index contributed by atoms with van der Waals surface area (Å²) in [5, 5.41) is 3.25. The number of fused-ring (bicyclic) bond motifs is 2. The maximum atomic E-state index is 13.0. The summed E-state index contributed by atoms with van der Waals surface area (Å²) in [6, 6.07) is 7.18. The van der Waals surface area contributed by atoms with Crippen molar-refractivity contribution in [2.75, 3.05) is 12.4 Å². The van der Waals surface area contributed by atoms with Gasteiger partial charge in [0, 0.05) is 4.88 Å². The standard InChI is InChI=1S/C24H25N3O5S/c1-3-18(32-23(29)17-13-25-15-10-7-8-11-16(15)26-17)21(28)27-22-20(24(30)31-2)14-9-5-4-6-12-19(14)33-22/h7-8,10-11,13,18H,3-6,9,12H2,1-2H3,(H,27,28). The molecule has 1 atom stereocenters. The number of thiophene rings is 1. The summed E-state index contributed by atoms with van der Waals surface area (Å²) in [4.78, 5) is 47.8. The minimum atomic E-state index is -1.04. The highest BCUT2D eigenvalue weighted by Crippen LogP contribution is 2.38. The number of anilines is 1. The fourth-order valence-electron chi connectivity index (χ4n) is 3.91. The molecule has 172 valence electrons. The van der Waals surface area contributed by atoms with E-state index in [1.165, 1.54) is 24.6 Å². The summed E-state index contributed by atoms with van der Waals surface area (Å²) in [5.41, 5.74) is 2.61. The van der Waals surface area contributed by atoms with Gasteiger partial charge in [0.1, 0.15) is 5.00 Å². The van der Waals surface area contributed by atoms with Crippen LogP contribution >= 0.6 is 11.3 Å². The van der Waals surface area contributed by atoms with Crippen LogP contribution in [0.15, 0.2) is 30.5 Å². The first-order valence-corrected chi connectivity index (χ1v) is 11.8. The predicted octanol–water partition coefficient (Wildman–Crippen LogP) is 4.32. The van der Waals surface area contributed by atoms with Gasteiger partial charge in [-0.15, -0.1) is 11.3 Å². The molecule has 2 heterocycles. The topological polar surface area (TPSA) is 107 Å². The Morgan fingerprint density at radius 2 is 1.85 bits per heavy atom. The van der Waals surface area contributed by atoms with E-state index in [4.69, 9.17) is 9.47 Å². The quantitative estimate of drug-likeness (QED) is 0.425. The Kier molecular flexibility index (Phi) is 6.98. The van der Waals surface area contributed by atoms with Crippen molar-refractivity contribution >= 4 is 45.2 Å². The molecule has 8 nitrogen and oxygen atoms in total. The molecule has 9 heteroatoms. The lowest BCUT2D eigenvalue weighted by Gasteiger charge is -2.16. The lowest BCUT2D eigenvalue weighted by molar-refractivity contribution is -0.124. The molecule has 33 heavy (non-hydrogen) atoms. The lowest BCUT2D eigenvalue weighted by atomic mass is 10.1. The van der Waals surface area contributed by atoms with Gasteiger partial charge in [0.15, 0.2) is 11.8 Å². The van der Waals surface area contributed by atoms with Crippen molar-refractivity contribution in [3.63, 3.8) is 0 Å². The Morgan fingerprint density at radius 3 is 2.61 bits per heavy atom. The number of amides is 1. The molecule has 0 saturated carbocycles. The Balaban J connectivity index is 1.53. The summed E-state index contributed by atoms with van der Waals surface area (Å²) in [6.07, 6.45) is 5.34. The number of aryl methyl sites for hydroxylation is 1. The van der Waals surface area contributed by atoms with Gasteiger partial charge in [0.2, 0.25) is 0 Å². The number of para-hydroxylation sites is 2. The molecule has 1 N–H and O–H groups in total. The molecule has 1 aromatic carbocycles. The first kappa shape index (κ1) is 22.8. The Morgan fingerprint density at radius 1 is 1.09 bits per heavy atom. The number of nitrogens with zero attached hydrogens (tertiary/aromatic N) is 2. The van der Waals surface area contributed by atoms with Crippen LogP contribution in [0.5, 0.6) is 0 Å². The van der Waals surface area contributed by atoms with Gasteiger partial charge in [0.05, 0.1) is 29.9 Å². The highest BCUT2D eigenvalue weighted by molar-refractivity contribution is 7.17. The van der Waals surface area contributed by atoms with E-state index < -0.39 is 23.9 Å². The van der Waals surface area contributed by atoms with Crippen molar-refractivity contribution < 1.29 is 23.9 Å². The van der Waals surface area contributed by atoms with E-state index in [9.17, 15) is 14.4 Å². The number of benzene rings is 1. The zero-order valence-corrected chi connectivity index (χ0v) is 19.4. The number of ether oxygens (including phenoxy) is 2. The highest BCUT2D eigenvalue weighted by Gasteiger charge is 2.29. The minimum absolute atomic E-state index is 0.0260. The van der Waals surface area contributed by atoms with Crippen LogP contribution in [0.25, 0.3) is 11.0 Å². The maximum Gasteiger partial charge on any atom is 0.359 e. The Hall–Kier alpha value is -3.33. The molecule has 0 saturated heterocycles. The smallest absolute Gasteiger partial charge is 0.359 e. The van der Waals surface area contributed by atoms with Crippen molar-refractivity contribution in [1.29, 1.82) is 0 Å². The van der Waals surface area contributed by atoms with Crippen molar-refractivity contribution in [3.8, 4) is 0 Å². The van der Waals surface area contributed by atoms with Gasteiger partial charge in [0.25, 0.3) is 5.91 Å². The number of nitrogens with one attached hydrogen (secondary N) is 1. The number of methoxy groups -OCH3 is 1. The second-order valence-electron chi connectivity index (χ2n) is 7.80. The molecule has 0 bridgehead atoms. The summed E-state index contributed by atoms with van der Waals surface area (Å²) in [5.74, 6) is -1.70. The third-order valence-electron chi connectivity index (χ3n) is 5.62. The van der Waals surface area contributed by atoms with Gasteiger partial charge in [-0.2, -0.15) is 0 Å². The van der Waals surface area contributed by atoms with Gasteiger partial charge < -0.3 is 14.8 Å². The van der Waals surface area contributed by atoms with Gasteiger partial charge >= 0.3 is 11.9 Å². The molecule has 4 rings (SSSR count). The highest BCUT2D eigenvalue weighted by atomic mass is 32.1. The second kappa shape index (κ2) is 10.1. The van der Waals surface area contributed by atoms with Crippen molar-refractivity contribution in [3.05, 3.63) is 52.2 Å². The van der Waals surface area contributed by atoms with Crippen molar-refractivity contribution in [2.24, 2.45) is 0 Å². The SMILES string of the molecule is CCC(OC(=O)c1cnc2ccccc2n1)C(=O)Nc1sc2c(c1C(=O)OC)CCCCC2. The van der Waals surface area contributed by atoms with E-state index >= 15 is 0 Å². The molecule has 2 aromatic heterocycles. The number of esters is 2. The summed E-state index contributed by atoms with van der Waals surface area (Å²) >= 11 is 1.40. The maximum absolute atomic E-state index is 13.0. The molecule has 1 unspecified atom stereocenters. The van der Waals surface area contributed by atoms with Crippen LogP contribution in [0.3, 0.4) is 0 Å². The van der Waals surface area contributed by atoms with E-state index in [0.717, 1.165) is 42.5 Å². The van der Waals surface area contributed by atoms with Gasteiger partial charge in [-0.1, -0.05) is 25.5 Å². The number of carbonyl (C=O) groups is 3. The van der Waals surface area contributed by atoms with E-state index in [0.29, 0.717) is 21.6 Å². The zero-order valence-electron chi connectivity index (χ0n) is 18.6. The molecule has 0 aliphatic heterocycles. The molecule has 1 aliphatic carbocycles. The number of rotatable bonds is 6. The van der Waals surface area contributed by atoms with Gasteiger partial charge in [-0.3, -0.25) is 9.78 Å². The number of hydrogen-bond acceptors (Lipinski definition) is 8. The van der Waals surface area contributed by atoms with E-state index in [1.807, 2.05) is 6.07 Å². The molecule has 0 spiro atoms. The average Bonchev–Trinajstić information content (AvgIpc) is 3.01. The van der Waals surface area contributed by atoms with Gasteiger partial charge in [-0.25, -0.2) is 14.6 Å². The largest absolute Gasteiger partial charge is 0.465 e. The van der Waals surface area contributed by atoms with Crippen molar-refractivity contribution in [1.82, 2.24) is 9.97 Å². The minimum Gasteiger partial charge on any atom is -0.465 e. The second-order valence-corrected chi connectivity index (χ2v) is 8.90. The van der Waals surface area contributed by atoms with Crippen LogP contribution in [0.1, 0.15) is 63.9 Å². The van der Waals surface area contributed by atoms with Crippen LogP contribution in [0.2, 0.25) is 0 Å². The molecule has 1 aliphatic rings. The number of hydrogen-bond donors (Lipinski definition) is 1. The van der Waals surface area contributed by atoms with Crippen LogP contribution in [-0.4, -0.2) is 41.0 Å². The van der Waals surface area contributed by atoms with Crippen molar-refractivity contribution in [2.45, 2.75) is 51.6 Å². The third-order valence-corrected chi connectivity index (χ3v) is 6.83. The fourth-order valence-corrected chi connectivity index (χ4v) is 5.19.